The van der Waals surface area contributed by atoms with E-state index in [0.29, 0.717) is 13.2 Å². The van der Waals surface area contributed by atoms with Crippen molar-refractivity contribution >= 4 is 5.91 Å². The summed E-state index contributed by atoms with van der Waals surface area (Å²) in [7, 11) is 1.98. The predicted octanol–water partition coefficient (Wildman–Crippen LogP) is 1.86. The van der Waals surface area contributed by atoms with Crippen molar-refractivity contribution in [3.8, 4) is 5.75 Å². The Balaban J connectivity index is 1.47. The van der Waals surface area contributed by atoms with Crippen LogP contribution in [0.3, 0.4) is 0 Å². The van der Waals surface area contributed by atoms with Gasteiger partial charge in [0.05, 0.1) is 6.61 Å². The van der Waals surface area contributed by atoms with E-state index in [0.717, 1.165) is 55.9 Å². The number of nitrogens with one attached hydrogen (secondary N) is 2. The van der Waals surface area contributed by atoms with Crippen LogP contribution in [0.2, 0.25) is 0 Å². The summed E-state index contributed by atoms with van der Waals surface area (Å²) in [6.45, 7) is 5.20. The molecule has 1 aliphatic rings. The summed E-state index contributed by atoms with van der Waals surface area (Å²) in [5.74, 6) is 0.860. The SMILES string of the molecule is CNCCN(CCCOc1ccc2c(c1)CCNC2=O)Cc1ccncc1. The maximum atomic E-state index is 11.8. The normalized spacial score (nSPS) is 13.3. The lowest BCUT2D eigenvalue weighted by atomic mass is 10.0. The van der Waals surface area contributed by atoms with Crippen molar-refractivity contribution in [1.29, 1.82) is 0 Å². The molecule has 0 spiro atoms. The first kappa shape index (κ1) is 19.3. The summed E-state index contributed by atoms with van der Waals surface area (Å²) in [4.78, 5) is 18.3. The maximum absolute atomic E-state index is 11.8. The molecule has 0 saturated carbocycles. The van der Waals surface area contributed by atoms with Crippen molar-refractivity contribution in [3.05, 3.63) is 59.4 Å². The number of fused-ring (bicyclic) bond motifs is 1. The molecule has 27 heavy (non-hydrogen) atoms. The van der Waals surface area contributed by atoms with Gasteiger partial charge < -0.3 is 15.4 Å². The Kier molecular flexibility index (Phi) is 7.19. The molecule has 0 fully saturated rings. The Morgan fingerprint density at radius 2 is 2.07 bits per heavy atom. The van der Waals surface area contributed by atoms with E-state index in [2.05, 4.69) is 32.7 Å². The van der Waals surface area contributed by atoms with E-state index < -0.39 is 0 Å². The molecule has 2 aromatic rings. The van der Waals surface area contributed by atoms with Crippen molar-refractivity contribution in [2.24, 2.45) is 0 Å². The number of amides is 1. The van der Waals surface area contributed by atoms with E-state index in [1.165, 1.54) is 5.56 Å². The number of ether oxygens (including phenoxy) is 1. The molecule has 0 atom stereocenters. The van der Waals surface area contributed by atoms with Crippen LogP contribution in [0.4, 0.5) is 0 Å². The fourth-order valence-electron chi connectivity index (χ4n) is 3.26. The number of likely N-dealkylation sites (N-methyl/N-ethyl adjacent to an activating group) is 1. The van der Waals surface area contributed by atoms with E-state index in [1.54, 1.807) is 0 Å². The van der Waals surface area contributed by atoms with Gasteiger partial charge in [0.15, 0.2) is 0 Å². The molecule has 0 unspecified atom stereocenters. The number of nitrogens with zero attached hydrogens (tertiary/aromatic N) is 2. The van der Waals surface area contributed by atoms with Gasteiger partial charge in [-0.3, -0.25) is 14.7 Å². The second-order valence-electron chi connectivity index (χ2n) is 6.76. The Bertz CT molecular complexity index is 736. The zero-order valence-electron chi connectivity index (χ0n) is 15.9. The molecule has 1 aliphatic heterocycles. The zero-order chi connectivity index (χ0) is 18.9. The number of pyridine rings is 1. The van der Waals surface area contributed by atoms with Crippen molar-refractivity contribution < 1.29 is 9.53 Å². The van der Waals surface area contributed by atoms with Gasteiger partial charge in [-0.1, -0.05) is 0 Å². The topological polar surface area (TPSA) is 66.5 Å². The molecule has 1 aromatic heterocycles. The van der Waals surface area contributed by atoms with Crippen molar-refractivity contribution in [2.75, 3.05) is 39.8 Å². The first-order chi connectivity index (χ1) is 13.3. The molecule has 0 radical (unpaired) electrons. The molecule has 2 N–H and O–H groups in total. The molecule has 0 saturated heterocycles. The van der Waals surface area contributed by atoms with Gasteiger partial charge in [-0.05, 0) is 61.3 Å². The van der Waals surface area contributed by atoms with Crippen LogP contribution in [-0.2, 0) is 13.0 Å². The summed E-state index contributed by atoms with van der Waals surface area (Å²) in [6.07, 6.45) is 5.49. The third-order valence-electron chi connectivity index (χ3n) is 4.72. The van der Waals surface area contributed by atoms with Crippen molar-refractivity contribution in [3.63, 3.8) is 0 Å². The highest BCUT2D eigenvalue weighted by Gasteiger charge is 2.16. The van der Waals surface area contributed by atoms with Crippen LogP contribution in [0, 0.1) is 0 Å². The van der Waals surface area contributed by atoms with E-state index in [1.807, 2.05) is 37.6 Å². The minimum atomic E-state index is 0.0130. The van der Waals surface area contributed by atoms with Crippen LogP contribution in [0.15, 0.2) is 42.7 Å². The molecule has 144 valence electrons. The monoisotopic (exact) mass is 368 g/mol. The van der Waals surface area contributed by atoms with Gasteiger partial charge in [0, 0.05) is 50.7 Å². The lowest BCUT2D eigenvalue weighted by Gasteiger charge is -2.22. The van der Waals surface area contributed by atoms with Gasteiger partial charge in [0.2, 0.25) is 0 Å². The number of hydrogen-bond acceptors (Lipinski definition) is 5. The smallest absolute Gasteiger partial charge is 0.251 e. The molecule has 6 heteroatoms. The van der Waals surface area contributed by atoms with Gasteiger partial charge in [-0.25, -0.2) is 0 Å². The summed E-state index contributed by atoms with van der Waals surface area (Å²) in [5.41, 5.74) is 3.11. The summed E-state index contributed by atoms with van der Waals surface area (Å²) < 4.78 is 5.93. The molecule has 1 amide bonds. The van der Waals surface area contributed by atoms with Gasteiger partial charge >= 0.3 is 0 Å². The molecule has 2 heterocycles. The van der Waals surface area contributed by atoms with Gasteiger partial charge in [0.1, 0.15) is 5.75 Å². The molecule has 6 nitrogen and oxygen atoms in total. The highest BCUT2D eigenvalue weighted by molar-refractivity contribution is 5.96. The molecule has 3 rings (SSSR count). The number of carbonyl (C=O) groups excluding carboxylic acids is 1. The number of carbonyl (C=O) groups is 1. The fraction of sp³-hybridized carbons (Fsp3) is 0.429. The molecular weight excluding hydrogens is 340 g/mol. The highest BCUT2D eigenvalue weighted by Crippen LogP contribution is 2.21. The van der Waals surface area contributed by atoms with E-state index >= 15 is 0 Å². The number of rotatable bonds is 10. The second kappa shape index (κ2) is 10.0. The van der Waals surface area contributed by atoms with Gasteiger partial charge in [0.25, 0.3) is 5.91 Å². The van der Waals surface area contributed by atoms with Crippen LogP contribution in [0.1, 0.15) is 27.9 Å². The average molecular weight is 368 g/mol. The van der Waals surface area contributed by atoms with E-state index in [-0.39, 0.29) is 5.91 Å². The Hall–Kier alpha value is -2.44. The largest absolute Gasteiger partial charge is 0.494 e. The highest BCUT2D eigenvalue weighted by atomic mass is 16.5. The van der Waals surface area contributed by atoms with Crippen molar-refractivity contribution in [1.82, 2.24) is 20.5 Å². The third-order valence-corrected chi connectivity index (χ3v) is 4.72. The van der Waals surface area contributed by atoms with E-state index in [9.17, 15) is 4.79 Å². The van der Waals surface area contributed by atoms with Crippen molar-refractivity contribution in [2.45, 2.75) is 19.4 Å². The standard InChI is InChI=1S/C21H28N4O2/c1-22-11-13-25(16-17-5-8-23-9-6-17)12-2-14-27-19-3-4-20-18(15-19)7-10-24-21(20)26/h3-6,8-9,15,22H,2,7,10-14,16H2,1H3,(H,24,26). The number of aromatic nitrogens is 1. The zero-order valence-corrected chi connectivity index (χ0v) is 15.9. The fourth-order valence-corrected chi connectivity index (χ4v) is 3.26. The second-order valence-corrected chi connectivity index (χ2v) is 6.76. The van der Waals surface area contributed by atoms with Gasteiger partial charge in [-0.15, -0.1) is 0 Å². The van der Waals surface area contributed by atoms with Crippen LogP contribution in [0.5, 0.6) is 5.75 Å². The van der Waals surface area contributed by atoms with E-state index in [4.69, 9.17) is 4.74 Å². The first-order valence-corrected chi connectivity index (χ1v) is 9.56. The van der Waals surface area contributed by atoms with Crippen LogP contribution in [0.25, 0.3) is 0 Å². The number of hydrogen-bond donors (Lipinski definition) is 2. The quantitative estimate of drug-likeness (QED) is 0.627. The molecule has 0 bridgehead atoms. The lowest BCUT2D eigenvalue weighted by Crippen LogP contribution is -2.32. The predicted molar refractivity (Wildman–Crippen MR) is 106 cm³/mol. The van der Waals surface area contributed by atoms with Crippen LogP contribution < -0.4 is 15.4 Å². The Labute approximate surface area is 160 Å². The first-order valence-electron chi connectivity index (χ1n) is 9.56. The minimum Gasteiger partial charge on any atom is -0.494 e. The molecular formula is C21H28N4O2. The summed E-state index contributed by atoms with van der Waals surface area (Å²) >= 11 is 0. The number of benzene rings is 1. The average Bonchev–Trinajstić information content (AvgIpc) is 2.70. The van der Waals surface area contributed by atoms with Crippen LogP contribution in [-0.4, -0.2) is 55.6 Å². The summed E-state index contributed by atoms with van der Waals surface area (Å²) in [5, 5.41) is 6.08. The maximum Gasteiger partial charge on any atom is 0.251 e. The van der Waals surface area contributed by atoms with Crippen LogP contribution >= 0.6 is 0 Å². The molecule has 1 aromatic carbocycles. The molecule has 0 aliphatic carbocycles. The van der Waals surface area contributed by atoms with Gasteiger partial charge in [-0.2, -0.15) is 0 Å². The lowest BCUT2D eigenvalue weighted by molar-refractivity contribution is 0.0946. The Morgan fingerprint density at radius 1 is 1.22 bits per heavy atom. The minimum absolute atomic E-state index is 0.0130. The Morgan fingerprint density at radius 3 is 2.89 bits per heavy atom. The summed E-state index contributed by atoms with van der Waals surface area (Å²) in [6, 6.07) is 9.88. The third kappa shape index (κ3) is 5.77.